The number of nitrogens with zero attached hydrogens (tertiary/aromatic N) is 2. The van der Waals surface area contributed by atoms with E-state index in [-0.39, 0.29) is 0 Å². The first-order valence-electron chi connectivity index (χ1n) is 7.53. The Bertz CT molecular complexity index is 543. The molecule has 108 valence electrons. The number of anilines is 1. The monoisotopic (exact) mass is 271 g/mol. The van der Waals surface area contributed by atoms with Crippen LogP contribution in [0.5, 0.6) is 0 Å². The average Bonchev–Trinajstić information content (AvgIpc) is 2.79. The highest BCUT2D eigenvalue weighted by Crippen LogP contribution is 2.12. The summed E-state index contributed by atoms with van der Waals surface area (Å²) in [6, 6.07) is 8.56. The van der Waals surface area contributed by atoms with Crippen LogP contribution in [0, 0.1) is 13.8 Å². The number of unbranched alkanes of at least 4 members (excludes halogenated alkanes) is 1. The van der Waals surface area contributed by atoms with E-state index in [1.54, 1.807) is 0 Å². The van der Waals surface area contributed by atoms with E-state index in [0.29, 0.717) is 0 Å². The Kier molecular flexibility index (Phi) is 5.22. The van der Waals surface area contributed by atoms with Crippen LogP contribution in [-0.2, 0) is 13.0 Å². The lowest BCUT2D eigenvalue weighted by atomic mass is 10.1. The zero-order chi connectivity index (χ0) is 14.4. The standard InChI is InChI=1S/C17H25N3/c1-4-5-12-20-13-15(3)19-17(20)18-11-10-16-9-7-6-8-14(16)2/h6-9,13H,4-5,10-12H2,1-3H3,(H,18,19). The summed E-state index contributed by atoms with van der Waals surface area (Å²) in [5.74, 6) is 1.00. The van der Waals surface area contributed by atoms with Crippen LogP contribution in [0.2, 0.25) is 0 Å². The number of hydrogen-bond acceptors (Lipinski definition) is 2. The summed E-state index contributed by atoms with van der Waals surface area (Å²) < 4.78 is 2.23. The summed E-state index contributed by atoms with van der Waals surface area (Å²) in [5, 5.41) is 3.47. The summed E-state index contributed by atoms with van der Waals surface area (Å²) in [6.45, 7) is 8.41. The van der Waals surface area contributed by atoms with Gasteiger partial charge in [-0.15, -0.1) is 0 Å². The highest BCUT2D eigenvalue weighted by molar-refractivity contribution is 5.31. The molecule has 0 saturated carbocycles. The third kappa shape index (κ3) is 3.86. The van der Waals surface area contributed by atoms with E-state index in [1.807, 2.05) is 0 Å². The van der Waals surface area contributed by atoms with Gasteiger partial charge >= 0.3 is 0 Å². The summed E-state index contributed by atoms with van der Waals surface area (Å²) in [7, 11) is 0. The Morgan fingerprint density at radius 1 is 1.20 bits per heavy atom. The number of nitrogens with one attached hydrogen (secondary N) is 1. The van der Waals surface area contributed by atoms with E-state index in [9.17, 15) is 0 Å². The second kappa shape index (κ2) is 7.13. The molecule has 0 saturated heterocycles. The van der Waals surface area contributed by atoms with Crippen molar-refractivity contribution in [3.05, 3.63) is 47.3 Å². The molecular weight excluding hydrogens is 246 g/mol. The largest absolute Gasteiger partial charge is 0.355 e. The maximum absolute atomic E-state index is 4.57. The van der Waals surface area contributed by atoms with E-state index in [2.05, 4.69) is 66.1 Å². The van der Waals surface area contributed by atoms with Gasteiger partial charge in [-0.25, -0.2) is 4.98 Å². The number of imidazole rings is 1. The van der Waals surface area contributed by atoms with Crippen LogP contribution in [0.15, 0.2) is 30.5 Å². The first-order chi connectivity index (χ1) is 9.70. The highest BCUT2D eigenvalue weighted by atomic mass is 15.2. The molecule has 0 fully saturated rings. The Balaban J connectivity index is 1.92. The molecule has 3 heteroatoms. The maximum Gasteiger partial charge on any atom is 0.203 e. The molecule has 0 amide bonds. The van der Waals surface area contributed by atoms with E-state index in [0.717, 1.165) is 31.2 Å². The van der Waals surface area contributed by atoms with Crippen LogP contribution in [0.25, 0.3) is 0 Å². The van der Waals surface area contributed by atoms with Crippen molar-refractivity contribution >= 4 is 5.95 Å². The zero-order valence-electron chi connectivity index (χ0n) is 12.8. The third-order valence-electron chi connectivity index (χ3n) is 3.59. The second-order valence-electron chi connectivity index (χ2n) is 5.36. The van der Waals surface area contributed by atoms with Crippen LogP contribution in [-0.4, -0.2) is 16.1 Å². The van der Waals surface area contributed by atoms with Crippen LogP contribution in [0.3, 0.4) is 0 Å². The van der Waals surface area contributed by atoms with E-state index < -0.39 is 0 Å². The quantitative estimate of drug-likeness (QED) is 0.826. The van der Waals surface area contributed by atoms with Crippen molar-refractivity contribution < 1.29 is 0 Å². The van der Waals surface area contributed by atoms with Crippen LogP contribution < -0.4 is 5.32 Å². The molecule has 0 bridgehead atoms. The van der Waals surface area contributed by atoms with Crippen molar-refractivity contribution in [2.24, 2.45) is 0 Å². The lowest BCUT2D eigenvalue weighted by molar-refractivity contribution is 0.634. The summed E-state index contributed by atoms with van der Waals surface area (Å²) in [4.78, 5) is 4.57. The van der Waals surface area contributed by atoms with Gasteiger partial charge in [0.2, 0.25) is 5.95 Å². The van der Waals surface area contributed by atoms with Gasteiger partial charge in [-0.3, -0.25) is 0 Å². The van der Waals surface area contributed by atoms with E-state index in [4.69, 9.17) is 0 Å². The maximum atomic E-state index is 4.57. The number of aryl methyl sites for hydroxylation is 3. The topological polar surface area (TPSA) is 29.9 Å². The first-order valence-corrected chi connectivity index (χ1v) is 7.53. The Labute approximate surface area is 122 Å². The van der Waals surface area contributed by atoms with E-state index >= 15 is 0 Å². The molecule has 0 aliphatic carbocycles. The molecule has 2 rings (SSSR count). The fraction of sp³-hybridized carbons (Fsp3) is 0.471. The first kappa shape index (κ1) is 14.6. The van der Waals surface area contributed by atoms with Crippen molar-refractivity contribution in [3.63, 3.8) is 0 Å². The molecule has 2 aromatic rings. The molecule has 0 spiro atoms. The van der Waals surface area contributed by atoms with Crippen molar-refractivity contribution in [2.75, 3.05) is 11.9 Å². The van der Waals surface area contributed by atoms with Crippen LogP contribution >= 0.6 is 0 Å². The minimum atomic E-state index is 0.924. The molecule has 0 atom stereocenters. The van der Waals surface area contributed by atoms with Crippen molar-refractivity contribution in [2.45, 2.75) is 46.6 Å². The van der Waals surface area contributed by atoms with Gasteiger partial charge in [0.15, 0.2) is 0 Å². The van der Waals surface area contributed by atoms with E-state index in [1.165, 1.54) is 24.0 Å². The SMILES string of the molecule is CCCCn1cc(C)nc1NCCc1ccccc1C. The molecule has 0 aliphatic rings. The molecule has 1 N–H and O–H groups in total. The molecule has 0 radical (unpaired) electrons. The van der Waals surface area contributed by atoms with Crippen LogP contribution in [0.1, 0.15) is 36.6 Å². The third-order valence-corrected chi connectivity index (χ3v) is 3.59. The molecular formula is C17H25N3. The molecule has 0 unspecified atom stereocenters. The predicted octanol–water partition coefficient (Wildman–Crippen LogP) is 3.95. The van der Waals surface area contributed by atoms with Gasteiger partial charge < -0.3 is 9.88 Å². The lowest BCUT2D eigenvalue weighted by Gasteiger charge is -2.10. The fourth-order valence-electron chi connectivity index (χ4n) is 2.39. The van der Waals surface area contributed by atoms with Crippen LogP contribution in [0.4, 0.5) is 5.95 Å². The Morgan fingerprint density at radius 2 is 2.00 bits per heavy atom. The Hall–Kier alpha value is -1.77. The summed E-state index contributed by atoms with van der Waals surface area (Å²) >= 11 is 0. The predicted molar refractivity (Wildman–Crippen MR) is 85.2 cm³/mol. The van der Waals surface area contributed by atoms with Crippen molar-refractivity contribution in [1.82, 2.24) is 9.55 Å². The van der Waals surface area contributed by atoms with Gasteiger partial charge in [0, 0.05) is 19.3 Å². The van der Waals surface area contributed by atoms with Gasteiger partial charge in [0.25, 0.3) is 0 Å². The molecule has 1 heterocycles. The average molecular weight is 271 g/mol. The van der Waals surface area contributed by atoms with Gasteiger partial charge in [-0.05, 0) is 37.8 Å². The summed E-state index contributed by atoms with van der Waals surface area (Å²) in [5.41, 5.74) is 3.85. The van der Waals surface area contributed by atoms with Gasteiger partial charge in [-0.1, -0.05) is 37.6 Å². The zero-order valence-corrected chi connectivity index (χ0v) is 12.8. The molecule has 20 heavy (non-hydrogen) atoms. The number of hydrogen-bond donors (Lipinski definition) is 1. The Morgan fingerprint density at radius 3 is 2.75 bits per heavy atom. The smallest absolute Gasteiger partial charge is 0.203 e. The molecule has 1 aromatic heterocycles. The van der Waals surface area contributed by atoms with Gasteiger partial charge in [0.05, 0.1) is 5.69 Å². The summed E-state index contributed by atoms with van der Waals surface area (Å²) in [6.07, 6.45) is 5.57. The van der Waals surface area contributed by atoms with Crippen molar-refractivity contribution in [1.29, 1.82) is 0 Å². The molecule has 1 aromatic carbocycles. The number of rotatable bonds is 7. The van der Waals surface area contributed by atoms with Crippen molar-refractivity contribution in [3.8, 4) is 0 Å². The normalized spacial score (nSPS) is 10.8. The second-order valence-corrected chi connectivity index (χ2v) is 5.36. The number of aromatic nitrogens is 2. The fourth-order valence-corrected chi connectivity index (χ4v) is 2.39. The van der Waals surface area contributed by atoms with Gasteiger partial charge in [0.1, 0.15) is 0 Å². The highest BCUT2D eigenvalue weighted by Gasteiger charge is 2.05. The minimum absolute atomic E-state index is 0.924. The lowest BCUT2D eigenvalue weighted by Crippen LogP contribution is -2.11. The minimum Gasteiger partial charge on any atom is -0.355 e. The number of benzene rings is 1. The molecule has 0 aliphatic heterocycles. The van der Waals surface area contributed by atoms with Gasteiger partial charge in [-0.2, -0.15) is 0 Å². The molecule has 3 nitrogen and oxygen atoms in total.